The van der Waals surface area contributed by atoms with Gasteiger partial charge in [-0.25, -0.2) is 0 Å². The second-order valence-electron chi connectivity index (χ2n) is 6.24. The summed E-state index contributed by atoms with van der Waals surface area (Å²) < 4.78 is 0. The van der Waals surface area contributed by atoms with Gasteiger partial charge in [-0.2, -0.15) is 0 Å². The third kappa shape index (κ3) is 3.85. The zero-order valence-corrected chi connectivity index (χ0v) is 14.5. The van der Waals surface area contributed by atoms with Gasteiger partial charge in [-0.1, -0.05) is 75.8 Å². The first-order valence-corrected chi connectivity index (χ1v) is 8.63. The van der Waals surface area contributed by atoms with Crippen LogP contribution in [0.5, 0.6) is 0 Å². The Bertz CT molecular complexity index is 627. The molecule has 0 saturated carbocycles. The Morgan fingerprint density at radius 3 is 2.48 bits per heavy atom. The van der Waals surface area contributed by atoms with Gasteiger partial charge in [0, 0.05) is 6.42 Å². The summed E-state index contributed by atoms with van der Waals surface area (Å²) in [4.78, 5) is 0. The minimum absolute atomic E-state index is 0.328. The molecule has 1 aliphatic carbocycles. The van der Waals surface area contributed by atoms with Gasteiger partial charge >= 0.3 is 0 Å². The number of aliphatic hydroxyl groups is 1. The second-order valence-corrected chi connectivity index (χ2v) is 6.24. The predicted molar refractivity (Wildman–Crippen MR) is 100 cm³/mol. The summed E-state index contributed by atoms with van der Waals surface area (Å²) in [5.41, 5.74) is 4.69. The second kappa shape index (κ2) is 8.01. The number of hydrogen-bond donors (Lipinski definition) is 1. The molecule has 2 rings (SSSR count). The maximum Gasteiger partial charge on any atom is 0.0934 e. The van der Waals surface area contributed by atoms with E-state index < -0.39 is 0 Å². The predicted octanol–water partition coefficient (Wildman–Crippen LogP) is 6.47. The SMILES string of the molecule is C=C1C=C(O)CC(C(CC)CC)/C1=C(/C=C\C)c1ccccc1. The number of hydrogen-bond acceptors (Lipinski definition) is 1. The van der Waals surface area contributed by atoms with Gasteiger partial charge < -0.3 is 5.11 Å². The molecule has 1 unspecified atom stereocenters. The van der Waals surface area contributed by atoms with E-state index in [9.17, 15) is 5.11 Å². The Balaban J connectivity index is 2.66. The van der Waals surface area contributed by atoms with Gasteiger partial charge in [0.2, 0.25) is 0 Å². The molecule has 0 amide bonds. The summed E-state index contributed by atoms with van der Waals surface area (Å²) in [5.74, 6) is 1.35. The van der Waals surface area contributed by atoms with Crippen molar-refractivity contribution in [3.05, 3.63) is 77.6 Å². The number of benzene rings is 1. The van der Waals surface area contributed by atoms with Crippen molar-refractivity contribution in [1.29, 1.82) is 0 Å². The van der Waals surface area contributed by atoms with Crippen LogP contribution in [0.4, 0.5) is 0 Å². The van der Waals surface area contributed by atoms with Crippen LogP contribution in [0.3, 0.4) is 0 Å². The highest BCUT2D eigenvalue weighted by Gasteiger charge is 2.30. The average Bonchev–Trinajstić information content (AvgIpc) is 2.55. The van der Waals surface area contributed by atoms with Crippen molar-refractivity contribution in [3.8, 4) is 0 Å². The molecule has 1 aromatic carbocycles. The largest absolute Gasteiger partial charge is 0.512 e. The van der Waals surface area contributed by atoms with E-state index in [1.807, 2.05) is 12.1 Å². The lowest BCUT2D eigenvalue weighted by Crippen LogP contribution is -2.22. The lowest BCUT2D eigenvalue weighted by molar-refractivity contribution is 0.293. The zero-order valence-electron chi connectivity index (χ0n) is 14.5. The average molecular weight is 308 g/mol. The van der Waals surface area contributed by atoms with E-state index in [-0.39, 0.29) is 0 Å². The molecular formula is C22H28O. The molecule has 0 saturated heterocycles. The van der Waals surface area contributed by atoms with E-state index >= 15 is 0 Å². The summed E-state index contributed by atoms with van der Waals surface area (Å²) in [5, 5.41) is 10.1. The smallest absolute Gasteiger partial charge is 0.0934 e. The van der Waals surface area contributed by atoms with Crippen LogP contribution in [0, 0.1) is 11.8 Å². The molecule has 0 bridgehead atoms. The third-order valence-electron chi connectivity index (χ3n) is 4.81. The number of aliphatic hydroxyl groups excluding tert-OH is 1. The Labute approximate surface area is 140 Å². The lowest BCUT2D eigenvalue weighted by Gasteiger charge is -2.33. The topological polar surface area (TPSA) is 20.2 Å². The minimum atomic E-state index is 0.328. The summed E-state index contributed by atoms with van der Waals surface area (Å²) in [7, 11) is 0. The standard InChI is InChI=1S/C22H28O/c1-5-11-20(18-12-9-8-10-13-18)22-16(4)14-19(23)15-21(22)17(6-2)7-3/h5,8-14,17,21,23H,4,6-7,15H2,1-3H3/b11-5-,22-20-. The van der Waals surface area contributed by atoms with Crippen molar-refractivity contribution in [3.63, 3.8) is 0 Å². The molecule has 0 fully saturated rings. The molecule has 0 heterocycles. The first kappa shape index (κ1) is 17.3. The van der Waals surface area contributed by atoms with Crippen molar-refractivity contribution >= 4 is 5.57 Å². The first-order chi connectivity index (χ1) is 11.1. The van der Waals surface area contributed by atoms with E-state index in [0.29, 0.717) is 24.0 Å². The van der Waals surface area contributed by atoms with Crippen molar-refractivity contribution < 1.29 is 5.11 Å². The molecular weight excluding hydrogens is 280 g/mol. The van der Waals surface area contributed by atoms with Crippen molar-refractivity contribution in [1.82, 2.24) is 0 Å². The Hall–Kier alpha value is -2.02. The fourth-order valence-electron chi connectivity index (χ4n) is 3.66. The number of rotatable bonds is 5. The number of allylic oxidation sites excluding steroid dienone is 7. The van der Waals surface area contributed by atoms with Crippen LogP contribution in [0.25, 0.3) is 5.57 Å². The van der Waals surface area contributed by atoms with Crippen LogP contribution in [0.15, 0.2) is 72.0 Å². The van der Waals surface area contributed by atoms with E-state index in [0.717, 1.165) is 18.4 Å². The lowest BCUT2D eigenvalue weighted by atomic mass is 9.72. The molecule has 1 aromatic rings. The fraction of sp³-hybridized carbons (Fsp3) is 0.364. The van der Waals surface area contributed by atoms with Crippen LogP contribution >= 0.6 is 0 Å². The summed E-state index contributed by atoms with van der Waals surface area (Å²) >= 11 is 0. The van der Waals surface area contributed by atoms with Crippen molar-refractivity contribution in [2.75, 3.05) is 0 Å². The van der Waals surface area contributed by atoms with Gasteiger partial charge in [0.15, 0.2) is 0 Å². The van der Waals surface area contributed by atoms with Crippen molar-refractivity contribution in [2.24, 2.45) is 11.8 Å². The molecule has 1 heteroatoms. The molecule has 1 atom stereocenters. The van der Waals surface area contributed by atoms with Crippen LogP contribution in [0.2, 0.25) is 0 Å². The van der Waals surface area contributed by atoms with Gasteiger partial charge in [0.25, 0.3) is 0 Å². The summed E-state index contributed by atoms with van der Waals surface area (Å²) in [6, 6.07) is 10.5. The quantitative estimate of drug-likeness (QED) is 0.661. The van der Waals surface area contributed by atoms with Gasteiger partial charge in [-0.3, -0.25) is 0 Å². The van der Waals surface area contributed by atoms with Gasteiger partial charge in [0.05, 0.1) is 5.76 Å². The highest BCUT2D eigenvalue weighted by molar-refractivity contribution is 5.81. The molecule has 1 aliphatic rings. The molecule has 0 spiro atoms. The third-order valence-corrected chi connectivity index (χ3v) is 4.81. The zero-order chi connectivity index (χ0) is 16.8. The highest BCUT2D eigenvalue weighted by Crippen LogP contribution is 2.43. The molecule has 0 aromatic heterocycles. The van der Waals surface area contributed by atoms with E-state index in [2.05, 4.69) is 63.8 Å². The van der Waals surface area contributed by atoms with Gasteiger partial charge in [-0.05, 0) is 47.1 Å². The van der Waals surface area contributed by atoms with Crippen LogP contribution < -0.4 is 0 Å². The van der Waals surface area contributed by atoms with E-state index in [4.69, 9.17) is 0 Å². The molecule has 1 nitrogen and oxygen atoms in total. The van der Waals surface area contributed by atoms with Gasteiger partial charge in [0.1, 0.15) is 0 Å². The summed E-state index contributed by atoms with van der Waals surface area (Å²) in [6.45, 7) is 10.8. The molecule has 0 aliphatic heterocycles. The molecule has 1 N–H and O–H groups in total. The Morgan fingerprint density at radius 2 is 1.91 bits per heavy atom. The van der Waals surface area contributed by atoms with Crippen LogP contribution in [-0.2, 0) is 0 Å². The normalized spacial score (nSPS) is 21.0. The Morgan fingerprint density at radius 1 is 1.26 bits per heavy atom. The van der Waals surface area contributed by atoms with Crippen LogP contribution in [0.1, 0.15) is 45.6 Å². The van der Waals surface area contributed by atoms with Crippen LogP contribution in [-0.4, -0.2) is 5.11 Å². The summed E-state index contributed by atoms with van der Waals surface area (Å²) in [6.07, 6.45) is 9.05. The molecule has 23 heavy (non-hydrogen) atoms. The van der Waals surface area contributed by atoms with E-state index in [1.165, 1.54) is 16.7 Å². The van der Waals surface area contributed by atoms with Crippen molar-refractivity contribution in [2.45, 2.75) is 40.0 Å². The monoisotopic (exact) mass is 308 g/mol. The van der Waals surface area contributed by atoms with Gasteiger partial charge in [-0.15, -0.1) is 0 Å². The minimum Gasteiger partial charge on any atom is -0.512 e. The Kier molecular flexibility index (Phi) is 6.04. The first-order valence-electron chi connectivity index (χ1n) is 8.63. The highest BCUT2D eigenvalue weighted by atomic mass is 16.3. The van der Waals surface area contributed by atoms with E-state index in [1.54, 1.807) is 0 Å². The molecule has 0 radical (unpaired) electrons. The maximum atomic E-state index is 10.1. The fourth-order valence-corrected chi connectivity index (χ4v) is 3.66. The maximum absolute atomic E-state index is 10.1. The molecule has 122 valence electrons.